The average Bonchev–Trinajstić information content (AvgIpc) is 2.86. The van der Waals surface area contributed by atoms with Crippen molar-refractivity contribution in [2.24, 2.45) is 0 Å². The Morgan fingerprint density at radius 3 is 3.00 bits per heavy atom. The lowest BCUT2D eigenvalue weighted by molar-refractivity contribution is 0.414. The SMILES string of the molecule is COc1cccc(CNc2ncnc3sc(C)cc23)c1. The van der Waals surface area contributed by atoms with Crippen LogP contribution in [0, 0.1) is 6.92 Å². The summed E-state index contributed by atoms with van der Waals surface area (Å²) in [5.41, 5.74) is 1.16. The van der Waals surface area contributed by atoms with Gasteiger partial charge in [0.05, 0.1) is 12.5 Å². The minimum Gasteiger partial charge on any atom is -0.497 e. The molecule has 3 aromatic rings. The van der Waals surface area contributed by atoms with Crippen LogP contribution in [-0.2, 0) is 6.54 Å². The van der Waals surface area contributed by atoms with Crippen LogP contribution in [0.1, 0.15) is 10.4 Å². The summed E-state index contributed by atoms with van der Waals surface area (Å²) in [5.74, 6) is 1.74. The van der Waals surface area contributed by atoms with Gasteiger partial charge >= 0.3 is 0 Å². The van der Waals surface area contributed by atoms with E-state index in [0.29, 0.717) is 6.54 Å². The van der Waals surface area contributed by atoms with Crippen LogP contribution in [0.4, 0.5) is 5.82 Å². The van der Waals surface area contributed by atoms with E-state index in [1.54, 1.807) is 24.8 Å². The van der Waals surface area contributed by atoms with Gasteiger partial charge in [0.15, 0.2) is 0 Å². The highest BCUT2D eigenvalue weighted by Gasteiger charge is 2.06. The monoisotopic (exact) mass is 285 g/mol. The Labute approximate surface area is 121 Å². The molecule has 1 aromatic carbocycles. The van der Waals surface area contributed by atoms with E-state index in [9.17, 15) is 0 Å². The smallest absolute Gasteiger partial charge is 0.138 e. The standard InChI is InChI=1S/C15H15N3OS/c1-10-6-13-14(17-9-18-15(13)20-10)16-8-11-4-3-5-12(7-11)19-2/h3-7,9H,8H2,1-2H3,(H,16,17,18). The Morgan fingerprint density at radius 1 is 1.25 bits per heavy atom. The zero-order valence-corrected chi connectivity index (χ0v) is 12.2. The summed E-state index contributed by atoms with van der Waals surface area (Å²) in [5, 5.41) is 4.45. The number of aromatic nitrogens is 2. The second kappa shape index (κ2) is 5.46. The minimum absolute atomic E-state index is 0.707. The Morgan fingerprint density at radius 2 is 2.15 bits per heavy atom. The number of methoxy groups -OCH3 is 1. The van der Waals surface area contributed by atoms with Crippen LogP contribution in [0.25, 0.3) is 10.2 Å². The highest BCUT2D eigenvalue weighted by atomic mass is 32.1. The molecule has 0 atom stereocenters. The van der Waals surface area contributed by atoms with Crippen molar-refractivity contribution >= 4 is 27.4 Å². The van der Waals surface area contributed by atoms with Gasteiger partial charge in [-0.1, -0.05) is 12.1 Å². The number of thiophene rings is 1. The molecule has 0 fully saturated rings. The largest absolute Gasteiger partial charge is 0.497 e. The molecule has 0 aliphatic carbocycles. The first-order valence-corrected chi connectivity index (χ1v) is 7.16. The number of hydrogen-bond donors (Lipinski definition) is 1. The van der Waals surface area contributed by atoms with Gasteiger partial charge in [0.25, 0.3) is 0 Å². The van der Waals surface area contributed by atoms with Crippen LogP contribution in [0.15, 0.2) is 36.7 Å². The molecule has 1 N–H and O–H groups in total. The first kappa shape index (κ1) is 12.9. The van der Waals surface area contributed by atoms with Gasteiger partial charge in [0.1, 0.15) is 22.7 Å². The average molecular weight is 285 g/mol. The molecule has 0 saturated carbocycles. The Kier molecular flexibility index (Phi) is 3.52. The number of anilines is 1. The summed E-state index contributed by atoms with van der Waals surface area (Å²) < 4.78 is 5.23. The molecule has 0 radical (unpaired) electrons. The van der Waals surface area contributed by atoms with E-state index in [2.05, 4.69) is 34.3 Å². The van der Waals surface area contributed by atoms with Crippen molar-refractivity contribution in [2.75, 3.05) is 12.4 Å². The number of benzene rings is 1. The maximum atomic E-state index is 5.23. The number of nitrogens with zero attached hydrogens (tertiary/aromatic N) is 2. The van der Waals surface area contributed by atoms with Gasteiger partial charge in [-0.05, 0) is 30.7 Å². The summed E-state index contributed by atoms with van der Waals surface area (Å²) in [4.78, 5) is 10.9. The Hall–Kier alpha value is -2.14. The maximum Gasteiger partial charge on any atom is 0.138 e. The molecule has 20 heavy (non-hydrogen) atoms. The van der Waals surface area contributed by atoms with Gasteiger partial charge in [-0.15, -0.1) is 11.3 Å². The lowest BCUT2D eigenvalue weighted by Crippen LogP contribution is -2.02. The molecule has 2 heterocycles. The lowest BCUT2D eigenvalue weighted by Gasteiger charge is -2.07. The molecular weight excluding hydrogens is 270 g/mol. The van der Waals surface area contributed by atoms with Gasteiger partial charge < -0.3 is 10.1 Å². The normalized spacial score (nSPS) is 10.7. The van der Waals surface area contributed by atoms with Crippen molar-refractivity contribution in [3.05, 3.63) is 47.1 Å². The number of rotatable bonds is 4. The molecule has 0 spiro atoms. The summed E-state index contributed by atoms with van der Waals surface area (Å²) in [7, 11) is 1.68. The molecular formula is C15H15N3OS. The van der Waals surface area contributed by atoms with E-state index < -0.39 is 0 Å². The third kappa shape index (κ3) is 2.58. The Balaban J connectivity index is 1.82. The summed E-state index contributed by atoms with van der Waals surface area (Å²) in [6.07, 6.45) is 1.60. The van der Waals surface area contributed by atoms with E-state index in [4.69, 9.17) is 4.74 Å². The van der Waals surface area contributed by atoms with Gasteiger partial charge in [-0.2, -0.15) is 0 Å². The third-order valence-electron chi connectivity index (χ3n) is 3.05. The first-order chi connectivity index (χ1) is 9.76. The fraction of sp³-hybridized carbons (Fsp3) is 0.200. The van der Waals surface area contributed by atoms with E-state index in [0.717, 1.165) is 27.3 Å². The van der Waals surface area contributed by atoms with E-state index in [-0.39, 0.29) is 0 Å². The van der Waals surface area contributed by atoms with Crippen molar-refractivity contribution < 1.29 is 4.74 Å². The molecule has 2 aromatic heterocycles. The predicted molar refractivity (Wildman–Crippen MR) is 82.5 cm³/mol. The van der Waals surface area contributed by atoms with Crippen molar-refractivity contribution in [3.63, 3.8) is 0 Å². The molecule has 4 nitrogen and oxygen atoms in total. The van der Waals surface area contributed by atoms with Crippen molar-refractivity contribution in [2.45, 2.75) is 13.5 Å². The van der Waals surface area contributed by atoms with Crippen molar-refractivity contribution in [3.8, 4) is 5.75 Å². The molecule has 0 aliphatic rings. The van der Waals surface area contributed by atoms with Crippen LogP contribution >= 0.6 is 11.3 Å². The van der Waals surface area contributed by atoms with Gasteiger partial charge in [0, 0.05) is 11.4 Å². The fourth-order valence-corrected chi connectivity index (χ4v) is 2.93. The van der Waals surface area contributed by atoms with Crippen LogP contribution in [0.5, 0.6) is 5.75 Å². The molecule has 5 heteroatoms. The zero-order valence-electron chi connectivity index (χ0n) is 11.4. The molecule has 0 unspecified atom stereocenters. The van der Waals surface area contributed by atoms with E-state index >= 15 is 0 Å². The van der Waals surface area contributed by atoms with Gasteiger partial charge in [0.2, 0.25) is 0 Å². The topological polar surface area (TPSA) is 47.0 Å². The van der Waals surface area contributed by atoms with Crippen LogP contribution < -0.4 is 10.1 Å². The van der Waals surface area contributed by atoms with Crippen LogP contribution in [0.2, 0.25) is 0 Å². The summed E-state index contributed by atoms with van der Waals surface area (Å²) >= 11 is 1.68. The van der Waals surface area contributed by atoms with E-state index in [1.165, 1.54) is 4.88 Å². The minimum atomic E-state index is 0.707. The van der Waals surface area contributed by atoms with E-state index in [1.807, 2.05) is 18.2 Å². The quantitative estimate of drug-likeness (QED) is 0.795. The second-order valence-electron chi connectivity index (χ2n) is 4.50. The first-order valence-electron chi connectivity index (χ1n) is 6.34. The van der Waals surface area contributed by atoms with Crippen LogP contribution in [0.3, 0.4) is 0 Å². The molecule has 0 bridgehead atoms. The number of ether oxygens (including phenoxy) is 1. The molecule has 0 aliphatic heterocycles. The molecule has 0 saturated heterocycles. The van der Waals surface area contributed by atoms with Crippen LogP contribution in [-0.4, -0.2) is 17.1 Å². The number of hydrogen-bond acceptors (Lipinski definition) is 5. The Bertz CT molecular complexity index is 739. The van der Waals surface area contributed by atoms with Crippen molar-refractivity contribution in [1.29, 1.82) is 0 Å². The fourth-order valence-electron chi connectivity index (χ4n) is 2.09. The summed E-state index contributed by atoms with van der Waals surface area (Å²) in [6.45, 7) is 2.79. The van der Waals surface area contributed by atoms with Gasteiger partial charge in [-0.3, -0.25) is 0 Å². The highest BCUT2D eigenvalue weighted by Crippen LogP contribution is 2.27. The molecule has 0 amide bonds. The maximum absolute atomic E-state index is 5.23. The third-order valence-corrected chi connectivity index (χ3v) is 4.01. The second-order valence-corrected chi connectivity index (χ2v) is 5.74. The van der Waals surface area contributed by atoms with Gasteiger partial charge in [-0.25, -0.2) is 9.97 Å². The molecule has 3 rings (SSSR count). The molecule has 102 valence electrons. The number of aryl methyl sites for hydroxylation is 1. The number of nitrogens with one attached hydrogen (secondary N) is 1. The number of fused-ring (bicyclic) bond motifs is 1. The predicted octanol–water partition coefficient (Wildman–Crippen LogP) is 3.62. The highest BCUT2D eigenvalue weighted by molar-refractivity contribution is 7.18. The lowest BCUT2D eigenvalue weighted by atomic mass is 10.2. The summed E-state index contributed by atoms with van der Waals surface area (Å²) in [6, 6.07) is 10.1. The zero-order chi connectivity index (χ0) is 13.9. The van der Waals surface area contributed by atoms with Crippen molar-refractivity contribution in [1.82, 2.24) is 9.97 Å².